The van der Waals surface area contributed by atoms with Crippen LogP contribution in [0.3, 0.4) is 0 Å². The highest BCUT2D eigenvalue weighted by molar-refractivity contribution is 7.11. The summed E-state index contributed by atoms with van der Waals surface area (Å²) in [6.07, 6.45) is 6.46. The highest BCUT2D eigenvalue weighted by Gasteiger charge is 2.18. The van der Waals surface area contributed by atoms with Gasteiger partial charge in [-0.25, -0.2) is 15.0 Å². The van der Waals surface area contributed by atoms with Crippen molar-refractivity contribution >= 4 is 23.2 Å². The molecule has 1 fully saturated rings. The van der Waals surface area contributed by atoms with Crippen LogP contribution in [0, 0.1) is 6.92 Å². The number of aromatic nitrogens is 3. The minimum Gasteiger partial charge on any atom is -0.357 e. The van der Waals surface area contributed by atoms with Crippen molar-refractivity contribution in [2.45, 2.75) is 20.3 Å². The van der Waals surface area contributed by atoms with Crippen LogP contribution in [0.2, 0.25) is 0 Å². The fourth-order valence-corrected chi connectivity index (χ4v) is 3.86. The lowest BCUT2D eigenvalue weighted by Gasteiger charge is -2.34. The molecule has 0 spiro atoms. The molecule has 3 rings (SSSR count). The number of nitrogens with one attached hydrogen (secondary N) is 2. The average molecular weight is 403 g/mol. The van der Waals surface area contributed by atoms with E-state index in [1.54, 1.807) is 23.7 Å². The monoisotopic (exact) mass is 402 g/mol. The van der Waals surface area contributed by atoms with Gasteiger partial charge in [-0.3, -0.25) is 9.89 Å². The fraction of sp³-hybridized carbons (Fsp3) is 0.579. The van der Waals surface area contributed by atoms with Crippen LogP contribution in [0.25, 0.3) is 0 Å². The van der Waals surface area contributed by atoms with Gasteiger partial charge in [0.2, 0.25) is 5.95 Å². The van der Waals surface area contributed by atoms with E-state index in [4.69, 9.17) is 4.99 Å². The third-order valence-electron chi connectivity index (χ3n) is 4.54. The average Bonchev–Trinajstić information content (AvgIpc) is 3.14. The molecule has 9 heteroatoms. The molecule has 0 aromatic carbocycles. The number of hydrogen-bond acceptors (Lipinski definition) is 7. The summed E-state index contributed by atoms with van der Waals surface area (Å²) in [6, 6.07) is 1.85. The van der Waals surface area contributed by atoms with E-state index in [9.17, 15) is 0 Å². The summed E-state index contributed by atoms with van der Waals surface area (Å²) >= 11 is 1.76. The van der Waals surface area contributed by atoms with Crippen LogP contribution in [0.15, 0.2) is 29.6 Å². The number of piperazine rings is 1. The van der Waals surface area contributed by atoms with Crippen molar-refractivity contribution in [2.24, 2.45) is 4.99 Å². The standard InChI is InChI=1S/C19H30N8S/c1-3-20-18(21-8-5-17-25-15-16(2)28-17)22-9-10-26-11-13-27(14-12-26)19-23-6-4-7-24-19/h4,6-7,15H,3,5,8-14H2,1-2H3,(H2,20,21,22). The lowest BCUT2D eigenvalue weighted by Crippen LogP contribution is -2.47. The first-order valence-corrected chi connectivity index (χ1v) is 10.7. The van der Waals surface area contributed by atoms with E-state index < -0.39 is 0 Å². The Morgan fingerprint density at radius 1 is 1.14 bits per heavy atom. The molecular weight excluding hydrogens is 372 g/mol. The molecule has 152 valence electrons. The van der Waals surface area contributed by atoms with Crippen LogP contribution in [-0.4, -0.2) is 78.2 Å². The first-order valence-electron chi connectivity index (χ1n) is 9.92. The zero-order valence-corrected chi connectivity index (χ0v) is 17.6. The van der Waals surface area contributed by atoms with Crippen molar-refractivity contribution in [3.63, 3.8) is 0 Å². The number of hydrogen-bond donors (Lipinski definition) is 2. The van der Waals surface area contributed by atoms with Crippen molar-refractivity contribution < 1.29 is 0 Å². The minimum absolute atomic E-state index is 0.785. The van der Waals surface area contributed by atoms with E-state index in [1.165, 1.54) is 9.88 Å². The Balaban J connectivity index is 1.37. The third-order valence-corrected chi connectivity index (χ3v) is 5.51. The zero-order chi connectivity index (χ0) is 19.6. The Morgan fingerprint density at radius 3 is 2.61 bits per heavy atom. The van der Waals surface area contributed by atoms with Crippen molar-refractivity contribution in [3.05, 3.63) is 34.5 Å². The minimum atomic E-state index is 0.785. The molecule has 1 aliphatic rings. The Hall–Kier alpha value is -2.26. The Labute approximate surface area is 171 Å². The van der Waals surface area contributed by atoms with Crippen LogP contribution >= 0.6 is 11.3 Å². The predicted octanol–water partition coefficient (Wildman–Crippen LogP) is 1.16. The summed E-state index contributed by atoms with van der Waals surface area (Å²) < 4.78 is 0. The molecule has 0 aliphatic carbocycles. The van der Waals surface area contributed by atoms with Gasteiger partial charge in [-0.1, -0.05) is 0 Å². The quantitative estimate of drug-likeness (QED) is 0.506. The van der Waals surface area contributed by atoms with E-state index >= 15 is 0 Å². The molecule has 0 saturated carbocycles. The lowest BCUT2D eigenvalue weighted by molar-refractivity contribution is 0.263. The normalized spacial score (nSPS) is 15.6. The lowest BCUT2D eigenvalue weighted by atomic mass is 10.3. The van der Waals surface area contributed by atoms with Crippen LogP contribution in [0.5, 0.6) is 0 Å². The van der Waals surface area contributed by atoms with Gasteiger partial charge in [-0.2, -0.15) is 0 Å². The molecule has 8 nitrogen and oxygen atoms in total. The van der Waals surface area contributed by atoms with Gasteiger partial charge in [0, 0.05) is 75.7 Å². The highest BCUT2D eigenvalue weighted by Crippen LogP contribution is 2.11. The summed E-state index contributed by atoms with van der Waals surface area (Å²) in [5.41, 5.74) is 0. The van der Waals surface area contributed by atoms with E-state index in [-0.39, 0.29) is 0 Å². The molecule has 0 unspecified atom stereocenters. The summed E-state index contributed by atoms with van der Waals surface area (Å²) in [6.45, 7) is 11.6. The summed E-state index contributed by atoms with van der Waals surface area (Å²) in [5, 5.41) is 7.89. The van der Waals surface area contributed by atoms with Crippen molar-refractivity contribution in [3.8, 4) is 0 Å². The number of thiazole rings is 1. The van der Waals surface area contributed by atoms with Crippen molar-refractivity contribution in [1.82, 2.24) is 30.5 Å². The van der Waals surface area contributed by atoms with Crippen LogP contribution in [0.1, 0.15) is 16.8 Å². The first-order chi connectivity index (χ1) is 13.7. The summed E-state index contributed by atoms with van der Waals surface area (Å²) in [5.74, 6) is 1.71. The second kappa shape index (κ2) is 10.9. The molecule has 0 radical (unpaired) electrons. The second-order valence-electron chi connectivity index (χ2n) is 6.68. The first kappa shape index (κ1) is 20.5. The van der Waals surface area contributed by atoms with Crippen LogP contribution in [-0.2, 0) is 6.42 Å². The van der Waals surface area contributed by atoms with Gasteiger partial charge in [0.25, 0.3) is 0 Å². The largest absolute Gasteiger partial charge is 0.357 e. The van der Waals surface area contributed by atoms with Crippen molar-refractivity contribution in [1.29, 1.82) is 0 Å². The number of nitrogens with zero attached hydrogens (tertiary/aromatic N) is 6. The third kappa shape index (κ3) is 6.42. The molecule has 2 N–H and O–H groups in total. The SMILES string of the molecule is CCNC(=NCCN1CCN(c2ncccn2)CC1)NCCc1ncc(C)s1. The van der Waals surface area contributed by atoms with Gasteiger partial charge in [0.1, 0.15) is 0 Å². The molecule has 1 aliphatic heterocycles. The number of aryl methyl sites for hydroxylation is 1. The molecule has 1 saturated heterocycles. The van der Waals surface area contributed by atoms with E-state index in [2.05, 4.69) is 49.2 Å². The summed E-state index contributed by atoms with van der Waals surface area (Å²) in [4.78, 5) is 23.8. The Kier molecular flexibility index (Phi) is 7.98. The van der Waals surface area contributed by atoms with Gasteiger partial charge >= 0.3 is 0 Å². The molecule has 3 heterocycles. The van der Waals surface area contributed by atoms with Gasteiger partial charge in [-0.15, -0.1) is 11.3 Å². The Bertz CT molecular complexity index is 725. The number of rotatable bonds is 8. The number of guanidine groups is 1. The molecule has 0 atom stereocenters. The number of aliphatic imine (C=N–C) groups is 1. The van der Waals surface area contributed by atoms with Crippen molar-refractivity contribution in [2.75, 3.05) is 57.3 Å². The second-order valence-corrected chi connectivity index (χ2v) is 8.00. The van der Waals surface area contributed by atoms with E-state index in [1.807, 2.05) is 12.3 Å². The zero-order valence-electron chi connectivity index (χ0n) is 16.8. The maximum absolute atomic E-state index is 4.72. The van der Waals surface area contributed by atoms with Gasteiger partial charge in [-0.05, 0) is 19.9 Å². The maximum Gasteiger partial charge on any atom is 0.225 e. The molecule has 2 aromatic heterocycles. The highest BCUT2D eigenvalue weighted by atomic mass is 32.1. The van der Waals surface area contributed by atoms with Crippen LogP contribution in [0.4, 0.5) is 5.95 Å². The maximum atomic E-state index is 4.72. The molecular formula is C19H30N8S. The number of anilines is 1. The Morgan fingerprint density at radius 2 is 1.93 bits per heavy atom. The van der Waals surface area contributed by atoms with Gasteiger partial charge < -0.3 is 15.5 Å². The fourth-order valence-electron chi connectivity index (χ4n) is 3.08. The molecule has 28 heavy (non-hydrogen) atoms. The van der Waals surface area contributed by atoms with Crippen LogP contribution < -0.4 is 15.5 Å². The topological polar surface area (TPSA) is 81.6 Å². The summed E-state index contributed by atoms with van der Waals surface area (Å²) in [7, 11) is 0. The molecule has 2 aromatic rings. The predicted molar refractivity (Wildman–Crippen MR) is 115 cm³/mol. The molecule has 0 amide bonds. The van der Waals surface area contributed by atoms with Gasteiger partial charge in [0.05, 0.1) is 11.6 Å². The molecule has 0 bridgehead atoms. The van der Waals surface area contributed by atoms with Gasteiger partial charge in [0.15, 0.2) is 5.96 Å². The van der Waals surface area contributed by atoms with E-state index in [0.717, 1.165) is 70.7 Å². The van der Waals surface area contributed by atoms with E-state index in [0.29, 0.717) is 0 Å². The smallest absolute Gasteiger partial charge is 0.225 e.